The maximum absolute atomic E-state index is 14.0. The van der Waals surface area contributed by atoms with E-state index in [-0.39, 0.29) is 37.8 Å². The predicted octanol–water partition coefficient (Wildman–Crippen LogP) is 6.25. The summed E-state index contributed by atoms with van der Waals surface area (Å²) in [7, 11) is 0. The van der Waals surface area contributed by atoms with Crippen molar-refractivity contribution in [1.29, 1.82) is 0 Å². The van der Waals surface area contributed by atoms with E-state index in [0.29, 0.717) is 10.1 Å². The Labute approximate surface area is 225 Å². The van der Waals surface area contributed by atoms with Crippen LogP contribution in [0, 0.1) is 6.92 Å². The van der Waals surface area contributed by atoms with Gasteiger partial charge in [-0.15, -0.1) is 13.2 Å². The number of hydrogen-bond acceptors (Lipinski definition) is 6. The minimum Gasteiger partial charge on any atom is -0.505 e. The number of alkyl halides is 5. The number of aromatic hydroxyl groups is 1. The third kappa shape index (κ3) is 5.88. The summed E-state index contributed by atoms with van der Waals surface area (Å²) in [6, 6.07) is 7.35. The van der Waals surface area contributed by atoms with Crippen LogP contribution in [0.5, 0.6) is 11.6 Å². The minimum absolute atomic E-state index is 0.0988. The summed E-state index contributed by atoms with van der Waals surface area (Å²) in [5, 5.41) is 11.5. The molecule has 2 N–H and O–H groups in total. The van der Waals surface area contributed by atoms with Crippen molar-refractivity contribution in [1.82, 2.24) is 14.5 Å². The fourth-order valence-electron chi connectivity index (χ4n) is 3.70. The van der Waals surface area contributed by atoms with Gasteiger partial charge in [0.1, 0.15) is 0 Å². The van der Waals surface area contributed by atoms with Gasteiger partial charge in [0.15, 0.2) is 11.6 Å². The van der Waals surface area contributed by atoms with Crippen LogP contribution in [0.3, 0.4) is 0 Å². The molecule has 8 nitrogen and oxygen atoms in total. The van der Waals surface area contributed by atoms with Gasteiger partial charge in [-0.3, -0.25) is 14.2 Å². The summed E-state index contributed by atoms with van der Waals surface area (Å²) in [6.45, 7) is 0.696. The number of hydrogen-bond donors (Lipinski definition) is 2. The number of pyridine rings is 1. The normalized spacial score (nSPS) is 11.7. The number of nitrogens with one attached hydrogen (secondary N) is 1. The van der Waals surface area contributed by atoms with Crippen molar-refractivity contribution in [2.24, 2.45) is 0 Å². The summed E-state index contributed by atoms with van der Waals surface area (Å²) in [5.41, 5.74) is -1.48. The van der Waals surface area contributed by atoms with Crippen LogP contribution in [-0.2, 0) is 6.54 Å². The molecule has 15 heteroatoms. The largest absolute Gasteiger partial charge is 0.574 e. The van der Waals surface area contributed by atoms with Crippen molar-refractivity contribution in [3.05, 3.63) is 85.5 Å². The first-order valence-corrected chi connectivity index (χ1v) is 11.5. The van der Waals surface area contributed by atoms with Gasteiger partial charge in [0.05, 0.1) is 33.2 Å². The minimum atomic E-state index is -5.13. The molecular formula is C24H15Cl2F5N4O4. The molecule has 0 fully saturated rings. The molecule has 0 radical (unpaired) electrons. The van der Waals surface area contributed by atoms with Crippen molar-refractivity contribution < 1.29 is 36.6 Å². The molecule has 0 saturated heterocycles. The highest BCUT2D eigenvalue weighted by Crippen LogP contribution is 2.33. The van der Waals surface area contributed by atoms with Gasteiger partial charge in [0.25, 0.3) is 17.9 Å². The van der Waals surface area contributed by atoms with Crippen molar-refractivity contribution in [3.63, 3.8) is 0 Å². The van der Waals surface area contributed by atoms with E-state index in [0.717, 1.165) is 24.4 Å². The molecule has 2 aromatic carbocycles. The lowest BCUT2D eigenvalue weighted by Gasteiger charge is -2.17. The molecule has 4 aromatic rings. The van der Waals surface area contributed by atoms with E-state index in [4.69, 9.17) is 23.2 Å². The average Bonchev–Trinajstić information content (AvgIpc) is 2.85. The van der Waals surface area contributed by atoms with Gasteiger partial charge < -0.3 is 15.2 Å². The van der Waals surface area contributed by atoms with Gasteiger partial charge in [-0.05, 0) is 36.8 Å². The predicted molar refractivity (Wildman–Crippen MR) is 132 cm³/mol. The van der Waals surface area contributed by atoms with Crippen molar-refractivity contribution in [2.45, 2.75) is 26.3 Å². The van der Waals surface area contributed by atoms with Crippen LogP contribution in [-0.4, -0.2) is 31.9 Å². The zero-order valence-corrected chi connectivity index (χ0v) is 21.0. The van der Waals surface area contributed by atoms with E-state index < -0.39 is 48.3 Å². The van der Waals surface area contributed by atoms with E-state index in [1.54, 1.807) is 0 Å². The van der Waals surface area contributed by atoms with Gasteiger partial charge in [0, 0.05) is 17.3 Å². The van der Waals surface area contributed by atoms with Gasteiger partial charge in [-0.2, -0.15) is 0 Å². The first-order chi connectivity index (χ1) is 18.3. The van der Waals surface area contributed by atoms with Crippen molar-refractivity contribution in [2.75, 3.05) is 5.32 Å². The third-order valence-corrected chi connectivity index (χ3v) is 6.03. The zero-order chi connectivity index (χ0) is 28.6. The van der Waals surface area contributed by atoms with Crippen LogP contribution >= 0.6 is 23.2 Å². The molecule has 2 heterocycles. The van der Waals surface area contributed by atoms with Crippen LogP contribution in [0.15, 0.2) is 47.4 Å². The number of carbonyl (C=O) groups excluding carboxylic acids is 1. The lowest BCUT2D eigenvalue weighted by molar-refractivity contribution is -0.276. The summed E-state index contributed by atoms with van der Waals surface area (Å²) in [5.74, 6) is -3.22. The van der Waals surface area contributed by atoms with Crippen LogP contribution in [0.4, 0.5) is 27.6 Å². The van der Waals surface area contributed by atoms with Gasteiger partial charge in [0.2, 0.25) is 5.88 Å². The van der Waals surface area contributed by atoms with E-state index in [2.05, 4.69) is 20.0 Å². The molecule has 0 spiro atoms. The second-order valence-corrected chi connectivity index (χ2v) is 8.89. The maximum atomic E-state index is 14.0. The molecule has 1 amide bonds. The summed E-state index contributed by atoms with van der Waals surface area (Å²) in [4.78, 5) is 33.9. The number of aromatic nitrogens is 3. The van der Waals surface area contributed by atoms with Gasteiger partial charge >= 0.3 is 6.36 Å². The fraction of sp³-hybridized carbons (Fsp3) is 0.167. The Morgan fingerprint density at radius 1 is 1.18 bits per heavy atom. The Bertz CT molecular complexity index is 1640. The lowest BCUT2D eigenvalue weighted by atomic mass is 10.1. The number of benzene rings is 2. The number of aryl methyl sites for hydroxylation is 1. The van der Waals surface area contributed by atoms with E-state index in [9.17, 15) is 36.6 Å². The van der Waals surface area contributed by atoms with Crippen molar-refractivity contribution >= 4 is 45.7 Å². The smallest absolute Gasteiger partial charge is 0.505 e. The quantitative estimate of drug-likeness (QED) is 0.258. The topological polar surface area (TPSA) is 106 Å². The number of nitrogens with zero attached hydrogens (tertiary/aromatic N) is 3. The number of phenols is 1. The average molecular weight is 589 g/mol. The molecule has 0 atom stereocenters. The van der Waals surface area contributed by atoms with Crippen LogP contribution in [0.25, 0.3) is 10.9 Å². The third-order valence-electron chi connectivity index (χ3n) is 5.45. The van der Waals surface area contributed by atoms with E-state index >= 15 is 0 Å². The molecule has 39 heavy (non-hydrogen) atoms. The number of ether oxygens (including phenoxy) is 1. The molecule has 4 rings (SSSR count). The Morgan fingerprint density at radius 3 is 2.46 bits per heavy atom. The number of fused-ring (bicyclic) bond motifs is 1. The van der Waals surface area contributed by atoms with Crippen LogP contribution in [0.2, 0.25) is 10.0 Å². The Hall–Kier alpha value is -3.97. The number of amides is 1. The zero-order valence-electron chi connectivity index (χ0n) is 19.5. The molecule has 0 aliphatic heterocycles. The van der Waals surface area contributed by atoms with Gasteiger partial charge in [-0.1, -0.05) is 35.3 Å². The SMILES string of the molecule is Cc1ccc(NC(=O)c2cc(Cl)c(O)c(Cl)c2)c2c(=O)n(Cc3cccnc3OC(F)(F)F)c(C(F)F)nc12. The molecule has 0 saturated carbocycles. The number of carbonyl (C=O) groups is 1. The monoisotopic (exact) mass is 588 g/mol. The fourth-order valence-corrected chi connectivity index (χ4v) is 4.19. The molecule has 0 aliphatic rings. The number of rotatable bonds is 6. The summed E-state index contributed by atoms with van der Waals surface area (Å²) >= 11 is 11.7. The number of halogens is 7. The standard InChI is InChI=1S/C24H15Cl2F5N4O4/c1-10-4-5-15(33-21(37)12-7-13(25)18(36)14(26)8-12)16-17(10)34-20(19(27)28)35(23(16)38)9-11-3-2-6-32-22(11)39-24(29,30)31/h2-8,19,36H,9H2,1H3,(H,33,37). The molecule has 204 valence electrons. The molecular weight excluding hydrogens is 574 g/mol. The van der Waals surface area contributed by atoms with Crippen LogP contribution in [0.1, 0.15) is 33.7 Å². The Balaban J connectivity index is 1.87. The molecule has 0 aliphatic carbocycles. The van der Waals surface area contributed by atoms with Gasteiger partial charge in [-0.25, -0.2) is 18.7 Å². The van der Waals surface area contributed by atoms with Crippen molar-refractivity contribution in [3.8, 4) is 11.6 Å². The highest BCUT2D eigenvalue weighted by atomic mass is 35.5. The second kappa shape index (κ2) is 10.7. The highest BCUT2D eigenvalue weighted by Gasteiger charge is 2.33. The number of anilines is 1. The Kier molecular flexibility index (Phi) is 7.66. The summed E-state index contributed by atoms with van der Waals surface area (Å²) in [6.07, 6.45) is -7.42. The van der Waals surface area contributed by atoms with Crippen LogP contribution < -0.4 is 15.6 Å². The first-order valence-electron chi connectivity index (χ1n) is 10.8. The second-order valence-electron chi connectivity index (χ2n) is 8.07. The molecule has 0 bridgehead atoms. The maximum Gasteiger partial charge on any atom is 0.574 e. The first kappa shape index (κ1) is 28.0. The Morgan fingerprint density at radius 2 is 1.85 bits per heavy atom. The molecule has 0 unspecified atom stereocenters. The van der Waals surface area contributed by atoms with E-state index in [1.807, 2.05) is 0 Å². The van der Waals surface area contributed by atoms with E-state index in [1.165, 1.54) is 25.1 Å². The lowest BCUT2D eigenvalue weighted by Crippen LogP contribution is -2.28. The highest BCUT2D eigenvalue weighted by molar-refractivity contribution is 6.37. The molecule has 2 aromatic heterocycles. The number of phenolic OH excluding ortho intramolecular Hbond substituents is 1. The summed E-state index contributed by atoms with van der Waals surface area (Å²) < 4.78 is 70.9.